The fourth-order valence-electron chi connectivity index (χ4n) is 2.56. The molecule has 1 aliphatic heterocycles. The second-order valence-electron chi connectivity index (χ2n) is 5.47. The van der Waals surface area contributed by atoms with Gasteiger partial charge in [0, 0.05) is 24.8 Å². The molecule has 2 aromatic rings. The van der Waals surface area contributed by atoms with E-state index >= 15 is 0 Å². The Balaban J connectivity index is 1.58. The third-order valence-corrected chi connectivity index (χ3v) is 3.77. The van der Waals surface area contributed by atoms with Gasteiger partial charge in [0.1, 0.15) is 12.4 Å². The molecule has 4 heteroatoms. The lowest BCUT2D eigenvalue weighted by atomic mass is 10.2. The number of hydrogen-bond donors (Lipinski definition) is 2. The molecule has 4 nitrogen and oxygen atoms in total. The maximum atomic E-state index is 8.10. The van der Waals surface area contributed by atoms with Crippen LogP contribution in [-0.4, -0.2) is 23.9 Å². The van der Waals surface area contributed by atoms with Crippen LogP contribution in [0.1, 0.15) is 18.4 Å². The van der Waals surface area contributed by atoms with E-state index in [1.54, 1.807) is 0 Å². The van der Waals surface area contributed by atoms with Gasteiger partial charge >= 0.3 is 0 Å². The van der Waals surface area contributed by atoms with Crippen molar-refractivity contribution in [1.29, 1.82) is 5.41 Å². The van der Waals surface area contributed by atoms with E-state index in [2.05, 4.69) is 10.2 Å². The van der Waals surface area contributed by atoms with Crippen LogP contribution in [0.4, 0.5) is 5.69 Å². The summed E-state index contributed by atoms with van der Waals surface area (Å²) in [6, 6.07) is 17.9. The molecule has 0 amide bonds. The first-order valence-corrected chi connectivity index (χ1v) is 7.68. The number of nitrogens with zero attached hydrogens (tertiary/aromatic N) is 1. The number of rotatable bonds is 4. The molecule has 2 aromatic carbocycles. The van der Waals surface area contributed by atoms with Crippen molar-refractivity contribution in [2.45, 2.75) is 19.4 Å². The number of guanidine groups is 1. The minimum absolute atomic E-state index is 0.470. The van der Waals surface area contributed by atoms with Crippen LogP contribution in [0.5, 0.6) is 5.75 Å². The Labute approximate surface area is 131 Å². The maximum absolute atomic E-state index is 8.10. The van der Waals surface area contributed by atoms with E-state index in [-0.39, 0.29) is 0 Å². The second-order valence-corrected chi connectivity index (χ2v) is 5.47. The van der Waals surface area contributed by atoms with Gasteiger partial charge in [-0.3, -0.25) is 5.41 Å². The van der Waals surface area contributed by atoms with Crippen LogP contribution in [0.2, 0.25) is 0 Å². The molecule has 0 unspecified atom stereocenters. The minimum atomic E-state index is 0.470. The van der Waals surface area contributed by atoms with Gasteiger partial charge in [0.2, 0.25) is 0 Å². The molecule has 0 saturated carbocycles. The normalized spacial score (nSPS) is 13.9. The van der Waals surface area contributed by atoms with E-state index in [0.29, 0.717) is 12.6 Å². The third kappa shape index (κ3) is 3.79. The summed E-state index contributed by atoms with van der Waals surface area (Å²) in [5.74, 6) is 1.28. The molecule has 0 atom stereocenters. The summed E-state index contributed by atoms with van der Waals surface area (Å²) in [4.78, 5) is 2.07. The standard InChI is InChI=1S/C18H21N3O/c19-18(21-11-4-5-12-21)20-16-9-6-10-17(13-16)22-14-15-7-2-1-3-8-15/h1-3,6-10,13H,4-5,11-12,14H2,(H2,19,20). The zero-order valence-corrected chi connectivity index (χ0v) is 12.6. The molecular weight excluding hydrogens is 274 g/mol. The van der Waals surface area contributed by atoms with Crippen LogP contribution < -0.4 is 10.1 Å². The molecular formula is C18H21N3O. The summed E-state index contributed by atoms with van der Waals surface area (Å²) < 4.78 is 5.82. The molecule has 1 saturated heterocycles. The summed E-state index contributed by atoms with van der Waals surface area (Å²) in [7, 11) is 0. The molecule has 2 N–H and O–H groups in total. The number of anilines is 1. The Morgan fingerprint density at radius 2 is 1.82 bits per heavy atom. The topological polar surface area (TPSA) is 48.4 Å². The average molecular weight is 295 g/mol. The zero-order valence-electron chi connectivity index (χ0n) is 12.6. The van der Waals surface area contributed by atoms with Crippen molar-refractivity contribution in [3.8, 4) is 5.75 Å². The Morgan fingerprint density at radius 1 is 1.05 bits per heavy atom. The molecule has 0 bridgehead atoms. The summed E-state index contributed by atoms with van der Waals surface area (Å²) in [5.41, 5.74) is 2.04. The fourth-order valence-corrected chi connectivity index (χ4v) is 2.56. The molecule has 114 valence electrons. The Kier molecular flexibility index (Phi) is 4.59. The highest BCUT2D eigenvalue weighted by molar-refractivity contribution is 5.91. The molecule has 0 aromatic heterocycles. The van der Waals surface area contributed by atoms with Crippen LogP contribution >= 0.6 is 0 Å². The fraction of sp³-hybridized carbons (Fsp3) is 0.278. The van der Waals surface area contributed by atoms with Crippen molar-refractivity contribution in [1.82, 2.24) is 4.90 Å². The molecule has 1 heterocycles. The summed E-state index contributed by atoms with van der Waals surface area (Å²) in [6.07, 6.45) is 2.34. The van der Waals surface area contributed by atoms with E-state index in [1.165, 1.54) is 12.8 Å². The smallest absolute Gasteiger partial charge is 0.195 e. The van der Waals surface area contributed by atoms with Crippen molar-refractivity contribution in [2.24, 2.45) is 0 Å². The highest BCUT2D eigenvalue weighted by Crippen LogP contribution is 2.19. The largest absolute Gasteiger partial charge is 0.489 e. The molecule has 0 spiro atoms. The van der Waals surface area contributed by atoms with Gasteiger partial charge in [0.05, 0.1) is 0 Å². The SMILES string of the molecule is N=C(Nc1cccc(OCc2ccccc2)c1)N1CCCC1. The second kappa shape index (κ2) is 6.98. The van der Waals surface area contributed by atoms with E-state index in [0.717, 1.165) is 30.1 Å². The van der Waals surface area contributed by atoms with Crippen LogP contribution in [0.15, 0.2) is 54.6 Å². The van der Waals surface area contributed by atoms with E-state index in [9.17, 15) is 0 Å². The Bertz CT molecular complexity index is 621. The van der Waals surface area contributed by atoms with E-state index < -0.39 is 0 Å². The first kappa shape index (κ1) is 14.4. The highest BCUT2D eigenvalue weighted by Gasteiger charge is 2.14. The van der Waals surface area contributed by atoms with Gasteiger partial charge < -0.3 is 15.0 Å². The predicted octanol–water partition coefficient (Wildman–Crippen LogP) is 3.71. The number of hydrogen-bond acceptors (Lipinski definition) is 2. The lowest BCUT2D eigenvalue weighted by Gasteiger charge is -2.19. The van der Waals surface area contributed by atoms with Gasteiger partial charge in [-0.2, -0.15) is 0 Å². The van der Waals surface area contributed by atoms with Crippen LogP contribution in [0, 0.1) is 5.41 Å². The molecule has 0 radical (unpaired) electrons. The number of ether oxygens (including phenoxy) is 1. The van der Waals surface area contributed by atoms with Crippen molar-refractivity contribution in [3.63, 3.8) is 0 Å². The maximum Gasteiger partial charge on any atom is 0.195 e. The molecule has 1 aliphatic rings. The quantitative estimate of drug-likeness (QED) is 0.668. The van der Waals surface area contributed by atoms with Crippen molar-refractivity contribution < 1.29 is 4.74 Å². The first-order chi connectivity index (χ1) is 10.8. The molecule has 3 rings (SSSR count). The highest BCUT2D eigenvalue weighted by atomic mass is 16.5. The van der Waals surface area contributed by atoms with Crippen molar-refractivity contribution in [2.75, 3.05) is 18.4 Å². The first-order valence-electron chi connectivity index (χ1n) is 7.68. The number of nitrogens with one attached hydrogen (secondary N) is 2. The van der Waals surface area contributed by atoms with Crippen LogP contribution in [0.3, 0.4) is 0 Å². The predicted molar refractivity (Wildman–Crippen MR) is 89.4 cm³/mol. The average Bonchev–Trinajstić information content (AvgIpc) is 3.09. The van der Waals surface area contributed by atoms with Gasteiger partial charge in [-0.05, 0) is 30.5 Å². The number of benzene rings is 2. The minimum Gasteiger partial charge on any atom is -0.489 e. The summed E-state index contributed by atoms with van der Waals surface area (Å²) >= 11 is 0. The van der Waals surface area contributed by atoms with E-state index in [1.807, 2.05) is 54.6 Å². The van der Waals surface area contributed by atoms with Crippen molar-refractivity contribution >= 4 is 11.6 Å². The van der Waals surface area contributed by atoms with Gasteiger partial charge in [0.15, 0.2) is 5.96 Å². The number of likely N-dealkylation sites (tertiary alicyclic amines) is 1. The Morgan fingerprint density at radius 3 is 2.59 bits per heavy atom. The van der Waals surface area contributed by atoms with Crippen LogP contribution in [-0.2, 0) is 6.61 Å². The van der Waals surface area contributed by atoms with Crippen molar-refractivity contribution in [3.05, 3.63) is 60.2 Å². The molecule has 22 heavy (non-hydrogen) atoms. The lowest BCUT2D eigenvalue weighted by Crippen LogP contribution is -2.32. The van der Waals surface area contributed by atoms with Crippen LogP contribution in [0.25, 0.3) is 0 Å². The monoisotopic (exact) mass is 295 g/mol. The van der Waals surface area contributed by atoms with Gasteiger partial charge in [-0.25, -0.2) is 0 Å². The summed E-state index contributed by atoms with van der Waals surface area (Å²) in [5, 5.41) is 11.3. The molecule has 0 aliphatic carbocycles. The van der Waals surface area contributed by atoms with E-state index in [4.69, 9.17) is 10.1 Å². The zero-order chi connectivity index (χ0) is 15.2. The Hall–Kier alpha value is -2.49. The van der Waals surface area contributed by atoms with Gasteiger partial charge in [-0.15, -0.1) is 0 Å². The molecule has 1 fully saturated rings. The lowest BCUT2D eigenvalue weighted by molar-refractivity contribution is 0.306. The summed E-state index contributed by atoms with van der Waals surface area (Å²) in [6.45, 7) is 2.49. The van der Waals surface area contributed by atoms with Gasteiger partial charge in [0.25, 0.3) is 0 Å². The third-order valence-electron chi connectivity index (χ3n) is 3.77. The van der Waals surface area contributed by atoms with Gasteiger partial charge in [-0.1, -0.05) is 36.4 Å².